The lowest BCUT2D eigenvalue weighted by molar-refractivity contribution is 0.0972. The summed E-state index contributed by atoms with van der Waals surface area (Å²) >= 11 is 0. The molecule has 2 aromatic rings. The molecule has 18 heavy (non-hydrogen) atoms. The van der Waals surface area contributed by atoms with Crippen LogP contribution in [0.1, 0.15) is 34.7 Å². The van der Waals surface area contributed by atoms with Gasteiger partial charge in [-0.3, -0.25) is 4.79 Å². The Morgan fingerprint density at radius 1 is 1.33 bits per heavy atom. The molecule has 94 valence electrons. The first kappa shape index (κ1) is 11.3. The molecule has 0 saturated heterocycles. The minimum Gasteiger partial charge on any atom is -0.350 e. The summed E-state index contributed by atoms with van der Waals surface area (Å²) in [7, 11) is 2.01. The first-order valence-corrected chi connectivity index (χ1v) is 6.43. The van der Waals surface area contributed by atoms with Crippen molar-refractivity contribution in [3.05, 3.63) is 41.7 Å². The van der Waals surface area contributed by atoms with Crippen molar-refractivity contribution in [1.29, 1.82) is 0 Å². The minimum absolute atomic E-state index is 0.298. The largest absolute Gasteiger partial charge is 0.350 e. The highest BCUT2D eigenvalue weighted by atomic mass is 16.1. The number of hydrogen-bond donors (Lipinski definition) is 0. The molecule has 0 amide bonds. The monoisotopic (exact) mass is 243 g/mol. The number of Topliss-reactive ketones (excluding diaryl/α,β-unsaturated/α-hetero) is 1. The fourth-order valence-corrected chi connectivity index (χ4v) is 2.66. The summed E-state index contributed by atoms with van der Waals surface area (Å²) in [6, 6.07) is 1.97. The summed E-state index contributed by atoms with van der Waals surface area (Å²) in [6.07, 6.45) is 9.44. The van der Waals surface area contributed by atoms with Crippen LogP contribution in [0.25, 0.3) is 0 Å². The normalized spacial score (nSPS) is 14.8. The number of imidazole rings is 1. The molecular weight excluding hydrogens is 226 g/mol. The Morgan fingerprint density at radius 3 is 3.00 bits per heavy atom. The van der Waals surface area contributed by atoms with E-state index < -0.39 is 0 Å². The molecule has 0 atom stereocenters. The number of fused-ring (bicyclic) bond motifs is 1. The number of nitrogens with zero attached hydrogens (tertiary/aromatic N) is 3. The Bertz CT molecular complexity index is 580. The average molecular weight is 243 g/mol. The third-order valence-corrected chi connectivity index (χ3v) is 3.69. The third kappa shape index (κ3) is 1.88. The number of carbonyl (C=O) groups excluding carboxylic acids is 1. The van der Waals surface area contributed by atoms with Crippen LogP contribution < -0.4 is 0 Å². The van der Waals surface area contributed by atoms with E-state index in [4.69, 9.17) is 0 Å². The quantitative estimate of drug-likeness (QED) is 0.827. The molecule has 4 nitrogen and oxygen atoms in total. The maximum Gasteiger partial charge on any atom is 0.164 e. The Labute approximate surface area is 106 Å². The Balaban J connectivity index is 1.78. The van der Waals surface area contributed by atoms with Gasteiger partial charge in [0.05, 0.1) is 0 Å². The van der Waals surface area contributed by atoms with E-state index in [-0.39, 0.29) is 0 Å². The highest BCUT2D eigenvalue weighted by Gasteiger charge is 2.20. The molecule has 0 aliphatic heterocycles. The third-order valence-electron chi connectivity index (χ3n) is 3.69. The van der Waals surface area contributed by atoms with Gasteiger partial charge in [0.15, 0.2) is 5.78 Å². The second-order valence-corrected chi connectivity index (χ2v) is 4.85. The van der Waals surface area contributed by atoms with Crippen molar-refractivity contribution < 1.29 is 4.79 Å². The van der Waals surface area contributed by atoms with Gasteiger partial charge in [0.1, 0.15) is 5.82 Å². The van der Waals surface area contributed by atoms with Crippen LogP contribution in [-0.2, 0) is 26.4 Å². The van der Waals surface area contributed by atoms with Gasteiger partial charge in [0.25, 0.3) is 0 Å². The molecule has 1 aliphatic rings. The molecule has 0 saturated carbocycles. The summed E-state index contributed by atoms with van der Waals surface area (Å²) in [4.78, 5) is 16.1. The van der Waals surface area contributed by atoms with Gasteiger partial charge in [-0.05, 0) is 18.9 Å². The number of carbonyl (C=O) groups is 1. The van der Waals surface area contributed by atoms with Gasteiger partial charge < -0.3 is 9.13 Å². The number of rotatable bonds is 3. The molecular formula is C14H17N3O. The van der Waals surface area contributed by atoms with E-state index >= 15 is 0 Å². The predicted octanol–water partition coefficient (Wildman–Crippen LogP) is 1.98. The highest BCUT2D eigenvalue weighted by molar-refractivity contribution is 5.98. The van der Waals surface area contributed by atoms with Crippen molar-refractivity contribution in [2.24, 2.45) is 7.05 Å². The minimum atomic E-state index is 0.298. The highest BCUT2D eigenvalue weighted by Crippen LogP contribution is 2.22. The first-order valence-electron chi connectivity index (χ1n) is 6.43. The molecule has 1 aliphatic carbocycles. The summed E-state index contributed by atoms with van der Waals surface area (Å²) in [5, 5.41) is 0. The number of aromatic nitrogens is 3. The smallest absolute Gasteiger partial charge is 0.164 e. The van der Waals surface area contributed by atoms with Gasteiger partial charge in [0, 0.05) is 56.3 Å². The molecule has 0 bridgehead atoms. The van der Waals surface area contributed by atoms with E-state index in [2.05, 4.69) is 9.55 Å². The summed E-state index contributed by atoms with van der Waals surface area (Å²) in [5.74, 6) is 1.38. The van der Waals surface area contributed by atoms with Crippen molar-refractivity contribution in [2.75, 3.05) is 0 Å². The van der Waals surface area contributed by atoms with Crippen LogP contribution >= 0.6 is 0 Å². The van der Waals surface area contributed by atoms with Crippen LogP contribution in [-0.4, -0.2) is 19.9 Å². The van der Waals surface area contributed by atoms with E-state index in [9.17, 15) is 4.79 Å². The van der Waals surface area contributed by atoms with Crippen LogP contribution in [0.15, 0.2) is 24.7 Å². The molecule has 3 rings (SSSR count). The zero-order chi connectivity index (χ0) is 12.5. The fraction of sp³-hybridized carbons (Fsp3) is 0.429. The van der Waals surface area contributed by atoms with Crippen LogP contribution in [0.4, 0.5) is 0 Å². The predicted molar refractivity (Wildman–Crippen MR) is 68.6 cm³/mol. The number of hydrogen-bond acceptors (Lipinski definition) is 2. The molecule has 0 radical (unpaired) electrons. The van der Waals surface area contributed by atoms with Crippen molar-refractivity contribution >= 4 is 5.78 Å². The zero-order valence-corrected chi connectivity index (χ0v) is 10.6. The fourth-order valence-electron chi connectivity index (χ4n) is 2.66. The van der Waals surface area contributed by atoms with Gasteiger partial charge in [-0.25, -0.2) is 4.98 Å². The number of aryl methyl sites for hydroxylation is 3. The van der Waals surface area contributed by atoms with E-state index in [0.717, 1.165) is 37.2 Å². The summed E-state index contributed by atoms with van der Waals surface area (Å²) < 4.78 is 4.25. The van der Waals surface area contributed by atoms with Gasteiger partial charge in [0.2, 0.25) is 0 Å². The SMILES string of the molecule is Cn1ccnc1CCn1ccc2c1CCCC2=O. The van der Waals surface area contributed by atoms with E-state index in [0.29, 0.717) is 12.2 Å². The second kappa shape index (κ2) is 4.44. The standard InChI is InChI=1S/C14H17N3O/c1-16-10-7-15-14(16)6-9-17-8-5-11-12(17)3-2-4-13(11)18/h5,7-8,10H,2-4,6,9H2,1H3. The van der Waals surface area contributed by atoms with Crippen molar-refractivity contribution in [3.8, 4) is 0 Å². The first-order chi connectivity index (χ1) is 8.75. The van der Waals surface area contributed by atoms with E-state index in [1.54, 1.807) is 0 Å². The van der Waals surface area contributed by atoms with Crippen molar-refractivity contribution in [1.82, 2.24) is 14.1 Å². The zero-order valence-electron chi connectivity index (χ0n) is 10.6. The van der Waals surface area contributed by atoms with Gasteiger partial charge in [-0.2, -0.15) is 0 Å². The van der Waals surface area contributed by atoms with Crippen LogP contribution in [0.3, 0.4) is 0 Å². The lowest BCUT2D eigenvalue weighted by Gasteiger charge is -2.14. The molecule has 0 aromatic carbocycles. The summed E-state index contributed by atoms with van der Waals surface area (Å²) in [5.41, 5.74) is 2.14. The van der Waals surface area contributed by atoms with Crippen LogP contribution in [0, 0.1) is 0 Å². The maximum atomic E-state index is 11.8. The molecule has 0 unspecified atom stereocenters. The Morgan fingerprint density at radius 2 is 2.22 bits per heavy atom. The van der Waals surface area contributed by atoms with Crippen LogP contribution in [0.5, 0.6) is 0 Å². The molecule has 4 heteroatoms. The van der Waals surface area contributed by atoms with Crippen molar-refractivity contribution in [2.45, 2.75) is 32.2 Å². The average Bonchev–Trinajstić information content (AvgIpc) is 2.94. The number of ketones is 1. The van der Waals surface area contributed by atoms with Gasteiger partial charge in [-0.1, -0.05) is 0 Å². The molecule has 0 spiro atoms. The lowest BCUT2D eigenvalue weighted by Crippen LogP contribution is -2.14. The van der Waals surface area contributed by atoms with E-state index in [1.807, 2.05) is 36.3 Å². The molecule has 2 aromatic heterocycles. The van der Waals surface area contributed by atoms with Gasteiger partial charge >= 0.3 is 0 Å². The topological polar surface area (TPSA) is 39.8 Å². The maximum absolute atomic E-state index is 11.8. The molecule has 0 fully saturated rings. The van der Waals surface area contributed by atoms with Crippen molar-refractivity contribution in [3.63, 3.8) is 0 Å². The summed E-state index contributed by atoms with van der Waals surface area (Å²) in [6.45, 7) is 0.896. The lowest BCUT2D eigenvalue weighted by atomic mass is 9.97. The Kier molecular flexibility index (Phi) is 2.78. The molecule has 0 N–H and O–H groups in total. The Hall–Kier alpha value is -1.84. The van der Waals surface area contributed by atoms with Crippen LogP contribution in [0.2, 0.25) is 0 Å². The molecule has 2 heterocycles. The van der Waals surface area contributed by atoms with Gasteiger partial charge in [-0.15, -0.1) is 0 Å². The second-order valence-electron chi connectivity index (χ2n) is 4.85. The van der Waals surface area contributed by atoms with E-state index in [1.165, 1.54) is 5.69 Å².